The number of hydrazone groups is 1. The Morgan fingerprint density at radius 2 is 2.07 bits per heavy atom. The van der Waals surface area contributed by atoms with Gasteiger partial charge in [-0.3, -0.25) is 14.1 Å². The Morgan fingerprint density at radius 3 is 2.70 bits per heavy atom. The highest BCUT2D eigenvalue weighted by Crippen LogP contribution is 2.29. The molecule has 0 spiro atoms. The van der Waals surface area contributed by atoms with Crippen LogP contribution in [-0.4, -0.2) is 41.8 Å². The van der Waals surface area contributed by atoms with E-state index in [-0.39, 0.29) is 16.9 Å². The summed E-state index contributed by atoms with van der Waals surface area (Å²) in [5.74, 6) is 4.05. The lowest BCUT2D eigenvalue weighted by molar-refractivity contribution is 0.0958. The third-order valence-corrected chi connectivity index (χ3v) is 3.84. The van der Waals surface area contributed by atoms with Gasteiger partial charge in [-0.1, -0.05) is 0 Å². The number of carbonyl (C=O) groups is 2. The monoisotopic (exact) mass is 398 g/mol. The zero-order chi connectivity index (χ0) is 20.2. The first-order chi connectivity index (χ1) is 12.6. The molecular weight excluding hydrogens is 379 g/mol. The molecule has 0 saturated carbocycles. The van der Waals surface area contributed by atoms with Crippen LogP contribution in [0.5, 0.6) is 0 Å². The minimum absolute atomic E-state index is 0.0282. The van der Waals surface area contributed by atoms with Crippen LogP contribution in [0, 0.1) is 5.82 Å². The van der Waals surface area contributed by atoms with Gasteiger partial charge in [0.1, 0.15) is 17.8 Å². The van der Waals surface area contributed by atoms with E-state index >= 15 is 0 Å². The third-order valence-electron chi connectivity index (χ3n) is 3.84. The maximum atomic E-state index is 14.1. The largest absolute Gasteiger partial charge is 0.336 e. The number of Topliss-reactive ketones (excluding diaryl/α,β-unsaturated/α-hetero) is 1. The van der Waals surface area contributed by atoms with E-state index in [4.69, 9.17) is 10.4 Å². The van der Waals surface area contributed by atoms with E-state index < -0.39 is 21.8 Å². The van der Waals surface area contributed by atoms with Gasteiger partial charge >= 0.3 is 0 Å². The summed E-state index contributed by atoms with van der Waals surface area (Å²) < 4.78 is 41.7. The highest BCUT2D eigenvalue weighted by atomic mass is 32.2. The van der Waals surface area contributed by atoms with Gasteiger partial charge in [0.25, 0.3) is 16.0 Å². The molecule has 0 saturated heterocycles. The van der Waals surface area contributed by atoms with Gasteiger partial charge in [0.05, 0.1) is 11.8 Å². The van der Waals surface area contributed by atoms with Crippen LogP contribution in [0.25, 0.3) is 10.9 Å². The Hall–Kier alpha value is -2.79. The van der Waals surface area contributed by atoms with Crippen LogP contribution in [0.2, 0.25) is 0 Å². The van der Waals surface area contributed by atoms with Gasteiger partial charge < -0.3 is 15.7 Å². The number of carbonyl (C=O) groups excluding carboxylic acids is 2. The third kappa shape index (κ3) is 5.11. The number of halogens is 1. The van der Waals surface area contributed by atoms with Gasteiger partial charge in [0, 0.05) is 23.9 Å². The molecule has 0 radical (unpaired) electrons. The maximum Gasteiger partial charge on any atom is 0.273 e. The summed E-state index contributed by atoms with van der Waals surface area (Å²) in [6, 6.07) is 4.22. The molecule has 1 aromatic heterocycles. The molecule has 0 atom stereocenters. The number of amides is 1. The molecule has 3 rings (SSSR count). The van der Waals surface area contributed by atoms with Crippen molar-refractivity contribution in [3.05, 3.63) is 35.3 Å². The Morgan fingerprint density at radius 1 is 1.41 bits per heavy atom. The lowest BCUT2D eigenvalue weighted by atomic mass is 10.0. The Labute approximate surface area is 154 Å². The number of rotatable bonds is 2. The number of ketones is 1. The number of hydrogen-bond acceptors (Lipinski definition) is 6. The lowest BCUT2D eigenvalue weighted by Gasteiger charge is -2.15. The molecule has 9 nitrogen and oxygen atoms in total. The van der Waals surface area contributed by atoms with Crippen LogP contribution < -0.4 is 11.2 Å². The molecule has 4 N–H and O–H groups in total. The number of aryl methyl sites for hydroxylation is 1. The van der Waals surface area contributed by atoms with Crippen LogP contribution in [0.15, 0.2) is 23.3 Å². The number of nitrogens with one attached hydrogen (secondary N) is 1. The maximum absolute atomic E-state index is 14.1. The highest BCUT2D eigenvalue weighted by molar-refractivity contribution is 7.85. The van der Waals surface area contributed by atoms with Gasteiger partial charge in [-0.2, -0.15) is 13.5 Å². The van der Waals surface area contributed by atoms with E-state index in [1.165, 1.54) is 18.2 Å². The van der Waals surface area contributed by atoms with Crippen molar-refractivity contribution >= 4 is 39.1 Å². The van der Waals surface area contributed by atoms with Crippen molar-refractivity contribution in [1.82, 2.24) is 9.88 Å². The summed E-state index contributed by atoms with van der Waals surface area (Å²) in [4.78, 5) is 24.4. The zero-order valence-corrected chi connectivity index (χ0v) is 15.3. The summed E-state index contributed by atoms with van der Waals surface area (Å²) in [5, 5.41) is 5.90. The van der Waals surface area contributed by atoms with Crippen LogP contribution in [0.4, 0.5) is 4.39 Å². The van der Waals surface area contributed by atoms with Gasteiger partial charge in [0.2, 0.25) is 0 Å². The molecule has 0 fully saturated rings. The Bertz CT molecular complexity index is 1010. The summed E-state index contributed by atoms with van der Waals surface area (Å²) in [6.45, 7) is 0.551. The average molecular weight is 398 g/mol. The smallest absolute Gasteiger partial charge is 0.273 e. The van der Waals surface area contributed by atoms with Crippen molar-refractivity contribution in [3.8, 4) is 0 Å². The van der Waals surface area contributed by atoms with Crippen molar-refractivity contribution in [2.45, 2.75) is 25.8 Å². The SMILES string of the molecule is CS(=O)(=O)O.NN=CNC(=O)c1cc2c(F)ccc3c2n1CCCCC3=O. The molecular formula is C16H19FN4O5S. The number of nitrogens with zero attached hydrogens (tertiary/aromatic N) is 2. The van der Waals surface area contributed by atoms with E-state index in [1.54, 1.807) is 4.57 Å². The number of hydrogen-bond donors (Lipinski definition) is 3. The first-order valence-corrected chi connectivity index (χ1v) is 9.78. The molecule has 1 aliphatic rings. The second-order valence-corrected chi connectivity index (χ2v) is 7.37. The van der Waals surface area contributed by atoms with Crippen LogP contribution in [0.1, 0.15) is 40.1 Å². The highest BCUT2D eigenvalue weighted by Gasteiger charge is 2.23. The molecule has 2 heterocycles. The number of benzene rings is 1. The Kier molecular flexibility index (Phi) is 6.28. The number of nitrogens with two attached hydrogens (primary N) is 1. The minimum Gasteiger partial charge on any atom is -0.336 e. The fourth-order valence-corrected chi connectivity index (χ4v) is 2.85. The molecule has 1 aliphatic heterocycles. The van der Waals surface area contributed by atoms with Crippen molar-refractivity contribution < 1.29 is 27.0 Å². The first-order valence-electron chi connectivity index (χ1n) is 7.93. The van der Waals surface area contributed by atoms with E-state index in [0.717, 1.165) is 19.2 Å². The molecule has 1 amide bonds. The zero-order valence-electron chi connectivity index (χ0n) is 14.5. The number of aromatic nitrogens is 1. The normalized spacial score (nSPS) is 14.4. The quantitative estimate of drug-likeness (QED) is 0.229. The van der Waals surface area contributed by atoms with Crippen LogP contribution in [-0.2, 0) is 16.7 Å². The predicted octanol–water partition coefficient (Wildman–Crippen LogP) is 1.28. The molecule has 27 heavy (non-hydrogen) atoms. The van der Waals surface area contributed by atoms with Crippen molar-refractivity contribution in [1.29, 1.82) is 0 Å². The second kappa shape index (κ2) is 8.27. The molecule has 0 unspecified atom stereocenters. The van der Waals surface area contributed by atoms with E-state index in [9.17, 15) is 22.4 Å². The van der Waals surface area contributed by atoms with Crippen LogP contribution in [0.3, 0.4) is 0 Å². The van der Waals surface area contributed by atoms with Crippen molar-refractivity contribution in [3.63, 3.8) is 0 Å². The van der Waals surface area contributed by atoms with Crippen LogP contribution >= 0.6 is 0 Å². The average Bonchev–Trinajstić information content (AvgIpc) is 2.94. The van der Waals surface area contributed by atoms with E-state index in [2.05, 4.69) is 10.4 Å². The topological polar surface area (TPSA) is 144 Å². The van der Waals surface area contributed by atoms with Crippen molar-refractivity contribution in [2.24, 2.45) is 10.9 Å². The summed E-state index contributed by atoms with van der Waals surface area (Å²) in [6.07, 6.45) is 3.70. The van der Waals surface area contributed by atoms with Gasteiger partial charge in [-0.05, 0) is 31.0 Å². The molecule has 146 valence electrons. The summed E-state index contributed by atoms with van der Waals surface area (Å²) in [7, 11) is -3.67. The van der Waals surface area contributed by atoms with E-state index in [0.29, 0.717) is 30.3 Å². The second-order valence-electron chi connectivity index (χ2n) is 5.90. The van der Waals surface area contributed by atoms with E-state index in [1.807, 2.05) is 0 Å². The fourth-order valence-electron chi connectivity index (χ4n) is 2.85. The molecule has 0 aliphatic carbocycles. The summed E-state index contributed by atoms with van der Waals surface area (Å²) >= 11 is 0. The molecule has 11 heteroatoms. The summed E-state index contributed by atoms with van der Waals surface area (Å²) in [5.41, 5.74) is 1.23. The Balaban J connectivity index is 0.000000465. The lowest BCUT2D eigenvalue weighted by Crippen LogP contribution is -2.25. The predicted molar refractivity (Wildman–Crippen MR) is 97.7 cm³/mol. The molecule has 0 bridgehead atoms. The van der Waals surface area contributed by atoms with Crippen molar-refractivity contribution in [2.75, 3.05) is 6.26 Å². The van der Waals surface area contributed by atoms with Gasteiger partial charge in [-0.25, -0.2) is 4.39 Å². The first kappa shape index (κ1) is 20.5. The van der Waals surface area contributed by atoms with Gasteiger partial charge in [-0.15, -0.1) is 0 Å². The fraction of sp³-hybridized carbons (Fsp3) is 0.312. The molecule has 1 aromatic carbocycles. The molecule has 2 aromatic rings. The standard InChI is InChI=1S/C15H15FN4O2.CH4O3S/c16-11-5-4-9-13(21)3-1-2-6-20-12(7-10(11)14(9)20)15(22)18-8-19-17;1-5(2,3)4/h4-5,7-8H,1-3,6,17H2,(H,18,19,22);1H3,(H,2,3,4). The minimum atomic E-state index is -3.67. The van der Waals surface area contributed by atoms with Gasteiger partial charge in [0.15, 0.2) is 5.78 Å².